The molecule has 12 rings (SSSR count). The first-order chi connectivity index (χ1) is 31.5. The van der Waals surface area contributed by atoms with Crippen molar-refractivity contribution in [2.75, 3.05) is 9.80 Å². The van der Waals surface area contributed by atoms with Crippen molar-refractivity contribution in [2.45, 2.75) is 24.7 Å². The van der Waals surface area contributed by atoms with Crippen LogP contribution >= 0.6 is 0 Å². The molecule has 0 aromatic heterocycles. The molecule has 0 atom stereocenters. The van der Waals surface area contributed by atoms with Crippen LogP contribution in [0.1, 0.15) is 47.2 Å². The molecule has 2 aliphatic rings. The smallest absolute Gasteiger partial charge is 0.0719 e. The zero-order valence-corrected chi connectivity index (χ0v) is 36.0. The van der Waals surface area contributed by atoms with Gasteiger partial charge in [0.05, 0.1) is 5.41 Å². The summed E-state index contributed by atoms with van der Waals surface area (Å²) >= 11 is 0. The maximum absolute atomic E-state index is 2.46. The summed E-state index contributed by atoms with van der Waals surface area (Å²) in [6, 6.07) is 89.5. The van der Waals surface area contributed by atoms with Gasteiger partial charge >= 0.3 is 0 Å². The molecule has 2 heteroatoms. The van der Waals surface area contributed by atoms with Gasteiger partial charge in [0.15, 0.2) is 0 Å². The Kier molecular flexibility index (Phi) is 8.77. The van der Waals surface area contributed by atoms with E-state index in [4.69, 9.17) is 0 Å². The van der Waals surface area contributed by atoms with E-state index in [2.05, 4.69) is 266 Å². The molecule has 0 N–H and O–H groups in total. The highest BCUT2D eigenvalue weighted by atomic mass is 15.1. The van der Waals surface area contributed by atoms with E-state index in [-0.39, 0.29) is 5.41 Å². The first-order valence-electron chi connectivity index (χ1n) is 22.3. The molecule has 2 aliphatic carbocycles. The Morgan fingerprint density at radius 3 is 1.36 bits per heavy atom. The predicted octanol–water partition coefficient (Wildman–Crippen LogP) is 16.4. The first kappa shape index (κ1) is 37.8. The number of rotatable bonds is 7. The molecular weight excluding hydrogens is 773 g/mol. The third kappa shape index (κ3) is 5.72. The van der Waals surface area contributed by atoms with Gasteiger partial charge in [0.25, 0.3) is 0 Å². The number of anilines is 6. The zero-order valence-electron chi connectivity index (χ0n) is 36.0. The van der Waals surface area contributed by atoms with Crippen molar-refractivity contribution in [1.29, 1.82) is 0 Å². The van der Waals surface area contributed by atoms with Crippen LogP contribution in [0.4, 0.5) is 34.1 Å². The average molecular weight is 819 g/mol. The van der Waals surface area contributed by atoms with Crippen molar-refractivity contribution in [3.8, 4) is 22.3 Å². The Labute approximate surface area is 376 Å². The number of fused-ring (bicyclic) bond motifs is 10. The topological polar surface area (TPSA) is 6.48 Å². The summed E-state index contributed by atoms with van der Waals surface area (Å²) in [5, 5.41) is 2.44. The molecule has 0 radical (unpaired) electrons. The highest BCUT2D eigenvalue weighted by Crippen LogP contribution is 2.64. The number of nitrogens with zero attached hydrogens (tertiary/aromatic N) is 2. The molecule has 10 aromatic rings. The minimum Gasteiger partial charge on any atom is -0.310 e. The maximum Gasteiger partial charge on any atom is 0.0719 e. The summed E-state index contributed by atoms with van der Waals surface area (Å²) in [5.74, 6) is 0. The molecule has 10 aromatic carbocycles. The molecule has 0 fully saturated rings. The van der Waals surface area contributed by atoms with E-state index < -0.39 is 5.41 Å². The second-order valence-electron chi connectivity index (χ2n) is 17.7. The molecule has 0 saturated carbocycles. The molecule has 0 saturated heterocycles. The van der Waals surface area contributed by atoms with E-state index in [0.29, 0.717) is 0 Å². The third-order valence-corrected chi connectivity index (χ3v) is 13.9. The Hall–Kier alpha value is -7.94. The minimum atomic E-state index is -0.537. The van der Waals surface area contributed by atoms with Crippen LogP contribution in [-0.2, 0) is 10.8 Å². The normalized spacial score (nSPS) is 13.7. The third-order valence-electron chi connectivity index (χ3n) is 13.9. The highest BCUT2D eigenvalue weighted by molar-refractivity contribution is 5.99. The lowest BCUT2D eigenvalue weighted by atomic mass is 9.55. The quantitative estimate of drug-likeness (QED) is 0.158. The van der Waals surface area contributed by atoms with E-state index >= 15 is 0 Å². The second kappa shape index (κ2) is 14.9. The summed E-state index contributed by atoms with van der Waals surface area (Å²) in [6.07, 6.45) is 0. The molecule has 0 aliphatic heterocycles. The highest BCUT2D eigenvalue weighted by Gasteiger charge is 2.53. The van der Waals surface area contributed by atoms with Crippen LogP contribution in [0.2, 0.25) is 0 Å². The average Bonchev–Trinajstić information content (AvgIpc) is 3.65. The van der Waals surface area contributed by atoms with E-state index in [0.717, 1.165) is 34.1 Å². The van der Waals surface area contributed by atoms with Gasteiger partial charge in [-0.2, -0.15) is 0 Å². The second-order valence-corrected chi connectivity index (χ2v) is 17.7. The Balaban J connectivity index is 1.13. The molecule has 0 heterocycles. The van der Waals surface area contributed by atoms with E-state index in [1.165, 1.54) is 66.4 Å². The van der Waals surface area contributed by atoms with Gasteiger partial charge in [0.1, 0.15) is 0 Å². The van der Waals surface area contributed by atoms with Gasteiger partial charge in [-0.1, -0.05) is 184 Å². The predicted molar refractivity (Wildman–Crippen MR) is 268 cm³/mol. The van der Waals surface area contributed by atoms with Crippen molar-refractivity contribution in [3.05, 3.63) is 276 Å². The summed E-state index contributed by atoms with van der Waals surface area (Å²) in [7, 11) is 0. The van der Waals surface area contributed by atoms with Crippen molar-refractivity contribution in [2.24, 2.45) is 0 Å². The molecule has 64 heavy (non-hydrogen) atoms. The van der Waals surface area contributed by atoms with Gasteiger partial charge in [-0.3, -0.25) is 0 Å². The van der Waals surface area contributed by atoms with Gasteiger partial charge in [-0.25, -0.2) is 0 Å². The van der Waals surface area contributed by atoms with Crippen molar-refractivity contribution in [1.82, 2.24) is 0 Å². The van der Waals surface area contributed by atoms with Crippen LogP contribution < -0.4 is 9.80 Å². The number of hydrogen-bond donors (Lipinski definition) is 0. The van der Waals surface area contributed by atoms with Crippen LogP contribution in [0.25, 0.3) is 33.0 Å². The fraction of sp³-hybridized carbons (Fsp3) is 0.0645. The van der Waals surface area contributed by atoms with Crippen LogP contribution in [0.15, 0.2) is 243 Å². The molecule has 0 unspecified atom stereocenters. The maximum atomic E-state index is 2.46. The summed E-state index contributed by atoms with van der Waals surface area (Å²) in [4.78, 5) is 4.78. The van der Waals surface area contributed by atoms with Gasteiger partial charge in [-0.05, 0) is 139 Å². The zero-order chi connectivity index (χ0) is 42.8. The molecule has 304 valence electrons. The Morgan fingerprint density at radius 2 is 0.734 bits per heavy atom. The Bertz CT molecular complexity index is 3280. The van der Waals surface area contributed by atoms with Gasteiger partial charge in [-0.15, -0.1) is 0 Å². The lowest BCUT2D eigenvalue weighted by Gasteiger charge is -2.46. The van der Waals surface area contributed by atoms with Crippen molar-refractivity contribution in [3.63, 3.8) is 0 Å². The van der Waals surface area contributed by atoms with Crippen LogP contribution in [0.3, 0.4) is 0 Å². The lowest BCUT2D eigenvalue weighted by molar-refractivity contribution is 0.563. The van der Waals surface area contributed by atoms with E-state index in [9.17, 15) is 0 Å². The first-order valence-corrected chi connectivity index (χ1v) is 22.3. The molecule has 2 nitrogen and oxygen atoms in total. The minimum absolute atomic E-state index is 0.186. The summed E-state index contributed by atoms with van der Waals surface area (Å²) < 4.78 is 0. The summed E-state index contributed by atoms with van der Waals surface area (Å²) in [6.45, 7) is 4.79. The Morgan fingerprint density at radius 1 is 0.281 bits per heavy atom. The SMILES string of the molecule is CC1(C)c2ccccc2C2(c3ccc(N(c4ccccc4)c4ccccc4)cc3-c3c(-c4cccc(N(c5ccccc5)c5ccc6ccccc6c5)c4)cccc32)c2ccccc21. The fourth-order valence-corrected chi connectivity index (χ4v) is 11.1. The standard InChI is InChI=1S/C62H46N2/c1-61(2)55-31-14-16-33-57(55)62(58-34-17-15-32-56(58)61)54-39-38-51(63(46-23-6-3-7-24-46)47-25-8-4-9-26-47)42-53(54)60-52(30-19-35-59(60)62)45-22-18-29-49(41-45)64(48-27-10-5-11-28-48)50-37-36-43-20-12-13-21-44(43)40-50/h3-42H,1-2H3. The van der Waals surface area contributed by atoms with Crippen LogP contribution in [0, 0.1) is 0 Å². The number of para-hydroxylation sites is 3. The van der Waals surface area contributed by atoms with E-state index in [1.54, 1.807) is 0 Å². The van der Waals surface area contributed by atoms with Gasteiger partial charge in [0.2, 0.25) is 0 Å². The molecular formula is C62H46N2. The van der Waals surface area contributed by atoms with E-state index in [1.807, 2.05) is 0 Å². The molecule has 0 amide bonds. The van der Waals surface area contributed by atoms with Gasteiger partial charge in [0, 0.05) is 39.5 Å². The molecule has 1 spiro atoms. The lowest BCUT2D eigenvalue weighted by Crippen LogP contribution is -2.40. The van der Waals surface area contributed by atoms with Crippen LogP contribution in [0.5, 0.6) is 0 Å². The number of hydrogen-bond acceptors (Lipinski definition) is 2. The van der Waals surface area contributed by atoms with Crippen molar-refractivity contribution >= 4 is 44.9 Å². The summed E-state index contributed by atoms with van der Waals surface area (Å²) in [5.41, 5.74) is 19.0. The largest absolute Gasteiger partial charge is 0.310 e. The van der Waals surface area contributed by atoms with Crippen molar-refractivity contribution < 1.29 is 0 Å². The van der Waals surface area contributed by atoms with Gasteiger partial charge < -0.3 is 9.80 Å². The number of benzene rings is 10. The molecule has 0 bridgehead atoms. The fourth-order valence-electron chi connectivity index (χ4n) is 11.1. The van der Waals surface area contributed by atoms with Crippen LogP contribution in [-0.4, -0.2) is 0 Å². The monoisotopic (exact) mass is 818 g/mol.